The smallest absolute Gasteiger partial charge is 0.305 e. The van der Waals surface area contributed by atoms with Gasteiger partial charge in [0.1, 0.15) is 0 Å². The Labute approximate surface area is 116 Å². The molecule has 19 heavy (non-hydrogen) atoms. The fraction of sp³-hybridized carbons (Fsp3) is 0.538. The topological polar surface area (TPSA) is 75.6 Å². The normalized spacial score (nSPS) is 13.8. The number of rotatable bonds is 7. The molecule has 1 unspecified atom stereocenters. The van der Waals surface area contributed by atoms with E-state index in [0.717, 1.165) is 12.0 Å². The molecule has 1 atom stereocenters. The summed E-state index contributed by atoms with van der Waals surface area (Å²) in [5.74, 6) is -1.21. The largest absolute Gasteiger partial charge is 0.481 e. The first kappa shape index (κ1) is 15.7. The van der Waals surface area contributed by atoms with Crippen LogP contribution in [0.3, 0.4) is 0 Å². The Morgan fingerprint density at radius 3 is 2.74 bits per heavy atom. The van der Waals surface area contributed by atoms with E-state index in [2.05, 4.69) is 5.32 Å². The average molecular weight is 285 g/mol. The Kier molecular flexibility index (Phi) is 5.50. The van der Waals surface area contributed by atoms with Crippen molar-refractivity contribution in [3.05, 3.63) is 21.9 Å². The standard InChI is InChI=1S/C13H19NO4S/c1-4-9-5-6-19-11(9)12(17)14-13(2,8-18-3)7-10(15)16/h5-6H,4,7-8H2,1-3H3,(H,14,17)(H,15,16). The molecule has 1 rings (SSSR count). The van der Waals surface area contributed by atoms with E-state index in [0.29, 0.717) is 4.88 Å². The number of aryl methyl sites for hydroxylation is 1. The van der Waals surface area contributed by atoms with Crippen LogP contribution in [0.2, 0.25) is 0 Å². The van der Waals surface area contributed by atoms with Crippen LogP contribution in [0.25, 0.3) is 0 Å². The molecule has 0 spiro atoms. The molecular weight excluding hydrogens is 266 g/mol. The zero-order valence-electron chi connectivity index (χ0n) is 11.4. The number of carboxylic acid groups (broad SMARTS) is 1. The van der Waals surface area contributed by atoms with Crippen molar-refractivity contribution < 1.29 is 19.4 Å². The van der Waals surface area contributed by atoms with Gasteiger partial charge >= 0.3 is 5.97 Å². The molecule has 1 amide bonds. The second kappa shape index (κ2) is 6.68. The summed E-state index contributed by atoms with van der Waals surface area (Å²) in [6, 6.07) is 1.91. The van der Waals surface area contributed by atoms with E-state index in [1.54, 1.807) is 6.92 Å². The number of amides is 1. The third-order valence-corrected chi connectivity index (χ3v) is 3.71. The first-order valence-corrected chi connectivity index (χ1v) is 6.89. The van der Waals surface area contributed by atoms with E-state index < -0.39 is 11.5 Å². The molecule has 2 N–H and O–H groups in total. The average Bonchev–Trinajstić information content (AvgIpc) is 2.75. The molecule has 0 saturated heterocycles. The molecule has 0 bridgehead atoms. The predicted octanol–water partition coefficient (Wildman–Crippen LogP) is 1.92. The van der Waals surface area contributed by atoms with Gasteiger partial charge in [-0.1, -0.05) is 6.92 Å². The minimum Gasteiger partial charge on any atom is -0.481 e. The van der Waals surface area contributed by atoms with Crippen molar-refractivity contribution in [3.63, 3.8) is 0 Å². The zero-order valence-corrected chi connectivity index (χ0v) is 12.2. The van der Waals surface area contributed by atoms with Crippen molar-refractivity contribution in [3.8, 4) is 0 Å². The second-order valence-electron chi connectivity index (χ2n) is 4.65. The van der Waals surface area contributed by atoms with Gasteiger partial charge < -0.3 is 15.2 Å². The molecule has 1 heterocycles. The number of aliphatic carboxylic acids is 1. The molecule has 0 aliphatic rings. The van der Waals surface area contributed by atoms with Gasteiger partial charge in [0.2, 0.25) is 0 Å². The number of carbonyl (C=O) groups excluding carboxylic acids is 1. The number of methoxy groups -OCH3 is 1. The highest BCUT2D eigenvalue weighted by atomic mass is 32.1. The molecular formula is C13H19NO4S. The van der Waals surface area contributed by atoms with Crippen LogP contribution in [0, 0.1) is 0 Å². The summed E-state index contributed by atoms with van der Waals surface area (Å²) in [5.41, 5.74) is 0.0599. The lowest BCUT2D eigenvalue weighted by molar-refractivity contribution is -0.139. The third-order valence-electron chi connectivity index (χ3n) is 2.75. The van der Waals surface area contributed by atoms with Crippen molar-refractivity contribution in [1.82, 2.24) is 5.32 Å². The van der Waals surface area contributed by atoms with Crippen LogP contribution in [0.5, 0.6) is 0 Å². The van der Waals surface area contributed by atoms with Gasteiger partial charge in [-0.3, -0.25) is 9.59 Å². The highest BCUT2D eigenvalue weighted by Crippen LogP contribution is 2.19. The van der Waals surface area contributed by atoms with E-state index in [9.17, 15) is 9.59 Å². The molecule has 6 heteroatoms. The first-order valence-electron chi connectivity index (χ1n) is 6.01. The van der Waals surface area contributed by atoms with Crippen molar-refractivity contribution in [2.24, 2.45) is 0 Å². The van der Waals surface area contributed by atoms with Crippen molar-refractivity contribution in [2.75, 3.05) is 13.7 Å². The molecule has 106 valence electrons. The van der Waals surface area contributed by atoms with Crippen LogP contribution in [0.1, 0.15) is 35.5 Å². The fourth-order valence-electron chi connectivity index (χ4n) is 1.93. The van der Waals surface area contributed by atoms with Gasteiger partial charge in [0.05, 0.1) is 23.4 Å². The number of ether oxygens (including phenoxy) is 1. The Balaban J connectivity index is 2.84. The molecule has 0 aliphatic carbocycles. The molecule has 5 nitrogen and oxygen atoms in total. The number of carbonyl (C=O) groups is 2. The monoisotopic (exact) mass is 285 g/mol. The van der Waals surface area contributed by atoms with Gasteiger partial charge in [-0.2, -0.15) is 0 Å². The van der Waals surface area contributed by atoms with Crippen molar-refractivity contribution in [1.29, 1.82) is 0 Å². The number of hydrogen-bond acceptors (Lipinski definition) is 4. The minimum absolute atomic E-state index is 0.151. The Hall–Kier alpha value is -1.40. The summed E-state index contributed by atoms with van der Waals surface area (Å²) >= 11 is 1.36. The highest BCUT2D eigenvalue weighted by Gasteiger charge is 2.30. The SMILES string of the molecule is CCc1ccsc1C(=O)NC(C)(COC)CC(=O)O. The molecule has 1 aromatic rings. The number of hydrogen-bond donors (Lipinski definition) is 2. The molecule has 0 radical (unpaired) electrons. The maximum atomic E-state index is 12.2. The summed E-state index contributed by atoms with van der Waals surface area (Å²) in [7, 11) is 1.48. The van der Waals surface area contributed by atoms with Crippen LogP contribution in [0.15, 0.2) is 11.4 Å². The minimum atomic E-state index is -0.971. The van der Waals surface area contributed by atoms with Crippen molar-refractivity contribution >= 4 is 23.2 Å². The summed E-state index contributed by atoms with van der Waals surface area (Å²) in [6.45, 7) is 3.80. The number of thiophene rings is 1. The van der Waals surface area contributed by atoms with Gasteiger partial charge in [0.15, 0.2) is 0 Å². The maximum Gasteiger partial charge on any atom is 0.305 e. The lowest BCUT2D eigenvalue weighted by atomic mass is 9.98. The van der Waals surface area contributed by atoms with Crippen LogP contribution >= 0.6 is 11.3 Å². The van der Waals surface area contributed by atoms with E-state index in [1.807, 2.05) is 18.4 Å². The Bertz CT molecular complexity index is 457. The van der Waals surface area contributed by atoms with E-state index in [4.69, 9.17) is 9.84 Å². The maximum absolute atomic E-state index is 12.2. The summed E-state index contributed by atoms with van der Waals surface area (Å²) < 4.78 is 5.01. The number of carboxylic acids is 1. The van der Waals surface area contributed by atoms with Crippen LogP contribution in [0.4, 0.5) is 0 Å². The number of nitrogens with one attached hydrogen (secondary N) is 1. The van der Waals surface area contributed by atoms with Gasteiger partial charge in [0, 0.05) is 7.11 Å². The molecule has 0 saturated carbocycles. The first-order chi connectivity index (χ1) is 8.91. The van der Waals surface area contributed by atoms with Crippen LogP contribution in [-0.4, -0.2) is 36.2 Å². The van der Waals surface area contributed by atoms with Gasteiger partial charge in [-0.15, -0.1) is 11.3 Å². The molecule has 1 aromatic heterocycles. The summed E-state index contributed by atoms with van der Waals surface area (Å²) in [5, 5.41) is 13.5. The van der Waals surface area contributed by atoms with Crippen LogP contribution < -0.4 is 5.32 Å². The molecule has 0 aliphatic heterocycles. The highest BCUT2D eigenvalue weighted by molar-refractivity contribution is 7.12. The predicted molar refractivity (Wildman–Crippen MR) is 73.7 cm³/mol. The Morgan fingerprint density at radius 2 is 2.21 bits per heavy atom. The third kappa shape index (κ3) is 4.33. The summed E-state index contributed by atoms with van der Waals surface area (Å²) in [6.07, 6.45) is 0.589. The molecule has 0 fully saturated rings. The van der Waals surface area contributed by atoms with E-state index >= 15 is 0 Å². The van der Waals surface area contributed by atoms with Gasteiger partial charge in [-0.25, -0.2) is 0 Å². The van der Waals surface area contributed by atoms with E-state index in [-0.39, 0.29) is 18.9 Å². The van der Waals surface area contributed by atoms with Crippen molar-refractivity contribution in [2.45, 2.75) is 32.2 Å². The van der Waals surface area contributed by atoms with Gasteiger partial charge in [0.25, 0.3) is 5.91 Å². The summed E-state index contributed by atoms with van der Waals surface area (Å²) in [4.78, 5) is 23.7. The van der Waals surface area contributed by atoms with E-state index in [1.165, 1.54) is 18.4 Å². The lowest BCUT2D eigenvalue weighted by Gasteiger charge is -2.28. The quantitative estimate of drug-likeness (QED) is 0.802. The second-order valence-corrected chi connectivity index (χ2v) is 5.56. The zero-order chi connectivity index (χ0) is 14.5. The Morgan fingerprint density at radius 1 is 1.53 bits per heavy atom. The lowest BCUT2D eigenvalue weighted by Crippen LogP contribution is -2.50. The molecule has 0 aromatic carbocycles. The van der Waals surface area contributed by atoms with Crippen LogP contribution in [-0.2, 0) is 16.0 Å². The fourth-order valence-corrected chi connectivity index (χ4v) is 2.82. The van der Waals surface area contributed by atoms with Gasteiger partial charge in [-0.05, 0) is 30.4 Å².